The largest absolute Gasteiger partial charge is 0.433 e. The summed E-state index contributed by atoms with van der Waals surface area (Å²) in [5, 5.41) is 13.7. The highest BCUT2D eigenvalue weighted by Crippen LogP contribution is 2.33. The van der Waals surface area contributed by atoms with Crippen molar-refractivity contribution in [3.63, 3.8) is 0 Å². The van der Waals surface area contributed by atoms with Crippen molar-refractivity contribution < 1.29 is 18.0 Å². The molecule has 41 heavy (non-hydrogen) atoms. The van der Waals surface area contributed by atoms with Crippen LogP contribution in [0.3, 0.4) is 0 Å². The van der Waals surface area contributed by atoms with Crippen LogP contribution in [0.5, 0.6) is 0 Å². The Morgan fingerprint density at radius 3 is 2.41 bits per heavy atom. The maximum absolute atomic E-state index is 14.1. The number of aromatic nitrogens is 5. The number of benzene rings is 3. The highest BCUT2D eigenvalue weighted by atomic mass is 35.5. The summed E-state index contributed by atoms with van der Waals surface area (Å²) >= 11 is 6.29. The fraction of sp³-hybridized carbons (Fsp3) is 0.133. The fourth-order valence-corrected chi connectivity index (χ4v) is 4.98. The van der Waals surface area contributed by atoms with Crippen LogP contribution in [0.4, 0.5) is 18.9 Å². The number of amides is 1. The number of carbonyl (C=O) groups is 1. The lowest BCUT2D eigenvalue weighted by Crippen LogP contribution is -2.16. The summed E-state index contributed by atoms with van der Waals surface area (Å²) in [5.41, 5.74) is 1.78. The van der Waals surface area contributed by atoms with E-state index in [4.69, 9.17) is 11.6 Å². The molecule has 6 aromatic rings. The number of anilines is 1. The molecule has 0 bridgehead atoms. The summed E-state index contributed by atoms with van der Waals surface area (Å²) in [7, 11) is 0. The van der Waals surface area contributed by atoms with Crippen molar-refractivity contribution in [3.8, 4) is 11.3 Å². The molecule has 0 aliphatic carbocycles. The summed E-state index contributed by atoms with van der Waals surface area (Å²) in [4.78, 5) is 17.6. The van der Waals surface area contributed by atoms with Gasteiger partial charge in [-0.15, -0.1) is 0 Å². The first-order chi connectivity index (χ1) is 19.6. The first-order valence-corrected chi connectivity index (χ1v) is 13.0. The van der Waals surface area contributed by atoms with Crippen LogP contribution in [0.15, 0.2) is 78.9 Å². The average molecular weight is 575 g/mol. The summed E-state index contributed by atoms with van der Waals surface area (Å²) in [6, 6.07) is 22.4. The minimum Gasteiger partial charge on any atom is -0.317 e. The van der Waals surface area contributed by atoms with Crippen molar-refractivity contribution >= 4 is 39.6 Å². The molecule has 11 heteroatoms. The van der Waals surface area contributed by atoms with Crippen LogP contribution in [0.1, 0.15) is 33.1 Å². The van der Waals surface area contributed by atoms with Gasteiger partial charge in [-0.1, -0.05) is 66.2 Å². The van der Waals surface area contributed by atoms with Gasteiger partial charge in [-0.25, -0.2) is 9.50 Å². The highest BCUT2D eigenvalue weighted by molar-refractivity contribution is 6.31. The molecule has 0 fully saturated rings. The second-order valence-corrected chi connectivity index (χ2v) is 10.0. The number of fused-ring (bicyclic) bond motifs is 2. The van der Waals surface area contributed by atoms with Gasteiger partial charge in [0.15, 0.2) is 17.0 Å². The number of alkyl halides is 3. The summed E-state index contributed by atoms with van der Waals surface area (Å²) in [5.74, 6) is -0.681. The molecule has 1 amide bonds. The molecule has 0 unspecified atom stereocenters. The second kappa shape index (κ2) is 10.0. The lowest BCUT2D eigenvalue weighted by Gasteiger charge is -2.11. The van der Waals surface area contributed by atoms with E-state index in [0.717, 1.165) is 22.4 Å². The topological polar surface area (TPSA) is 77.1 Å². The molecular weight excluding hydrogens is 553 g/mol. The monoisotopic (exact) mass is 574 g/mol. The molecular formula is C30H22ClF3N6O. The van der Waals surface area contributed by atoms with Crippen LogP contribution in [-0.4, -0.2) is 30.3 Å². The van der Waals surface area contributed by atoms with Crippen LogP contribution in [0.2, 0.25) is 5.02 Å². The number of hydrogen-bond donors (Lipinski definition) is 1. The van der Waals surface area contributed by atoms with Crippen LogP contribution in [0, 0.1) is 13.8 Å². The number of nitrogens with zero attached hydrogens (tertiary/aromatic N) is 5. The maximum atomic E-state index is 14.1. The van der Waals surface area contributed by atoms with E-state index in [2.05, 4.69) is 20.5 Å². The number of hydrogen-bond acceptors (Lipinski definition) is 4. The van der Waals surface area contributed by atoms with Gasteiger partial charge in [0.1, 0.15) is 0 Å². The molecule has 0 saturated carbocycles. The van der Waals surface area contributed by atoms with Gasteiger partial charge in [-0.05, 0) is 48.4 Å². The van der Waals surface area contributed by atoms with E-state index in [-0.39, 0.29) is 17.0 Å². The Morgan fingerprint density at radius 2 is 1.66 bits per heavy atom. The predicted octanol–water partition coefficient (Wildman–Crippen LogP) is 7.34. The smallest absolute Gasteiger partial charge is 0.317 e. The van der Waals surface area contributed by atoms with Gasteiger partial charge < -0.3 is 5.32 Å². The summed E-state index contributed by atoms with van der Waals surface area (Å²) in [6.45, 7) is 3.90. The Kier molecular flexibility index (Phi) is 6.50. The zero-order valence-electron chi connectivity index (χ0n) is 21.9. The lowest BCUT2D eigenvalue weighted by molar-refractivity contribution is -0.142. The van der Waals surface area contributed by atoms with Gasteiger partial charge in [0.2, 0.25) is 0 Å². The Hall–Kier alpha value is -4.70. The molecule has 0 aliphatic rings. The van der Waals surface area contributed by atoms with E-state index in [1.807, 2.05) is 48.5 Å². The molecule has 3 heterocycles. The quantitative estimate of drug-likeness (QED) is 0.234. The van der Waals surface area contributed by atoms with E-state index in [9.17, 15) is 18.0 Å². The molecule has 0 aliphatic heterocycles. The average Bonchev–Trinajstić information content (AvgIpc) is 3.49. The minimum atomic E-state index is -4.74. The third-order valence-corrected chi connectivity index (χ3v) is 7.26. The van der Waals surface area contributed by atoms with Crippen molar-refractivity contribution in [2.24, 2.45) is 0 Å². The highest BCUT2D eigenvalue weighted by Gasteiger charge is 2.36. The maximum Gasteiger partial charge on any atom is 0.433 e. The van der Waals surface area contributed by atoms with Gasteiger partial charge in [0.25, 0.3) is 5.91 Å². The van der Waals surface area contributed by atoms with E-state index >= 15 is 0 Å². The third kappa shape index (κ3) is 5.02. The van der Waals surface area contributed by atoms with Crippen molar-refractivity contribution in [1.82, 2.24) is 24.4 Å². The minimum absolute atomic E-state index is 0.101. The zero-order chi connectivity index (χ0) is 28.9. The number of aryl methyl sites for hydroxylation is 1. The predicted molar refractivity (Wildman–Crippen MR) is 151 cm³/mol. The molecule has 3 aromatic carbocycles. The molecule has 6 rings (SSSR count). The Bertz CT molecular complexity index is 1960. The van der Waals surface area contributed by atoms with Gasteiger partial charge >= 0.3 is 6.18 Å². The van der Waals surface area contributed by atoms with Crippen LogP contribution < -0.4 is 5.32 Å². The van der Waals surface area contributed by atoms with Gasteiger partial charge in [0.05, 0.1) is 29.3 Å². The summed E-state index contributed by atoms with van der Waals surface area (Å²) in [6.07, 6.45) is -4.74. The molecule has 0 spiro atoms. The summed E-state index contributed by atoms with van der Waals surface area (Å²) < 4.78 is 44.7. The standard InChI is InChI=1S/C30H22ClF3N6O/c1-17-28(18(2)39(37-17)16-22-9-5-6-10-23(22)31)36-29(41)25-15-27-35-24(14-26(30(32,33)34)40(27)38-25)21-12-11-19-7-3-4-8-20(19)13-21/h3-15H,16H2,1-2H3,(H,36,41). The number of rotatable bonds is 5. The molecule has 0 saturated heterocycles. The molecule has 7 nitrogen and oxygen atoms in total. The first-order valence-electron chi connectivity index (χ1n) is 12.6. The van der Waals surface area contributed by atoms with Crippen LogP contribution in [0.25, 0.3) is 27.7 Å². The SMILES string of the molecule is Cc1nn(Cc2ccccc2Cl)c(C)c1NC(=O)c1cc2nc(-c3ccc4ccccc4c3)cc(C(F)(F)F)n2n1. The van der Waals surface area contributed by atoms with Crippen molar-refractivity contribution in [2.75, 3.05) is 5.32 Å². The zero-order valence-corrected chi connectivity index (χ0v) is 22.6. The number of carbonyl (C=O) groups excluding carboxylic acids is 1. The lowest BCUT2D eigenvalue weighted by atomic mass is 10.0. The first kappa shape index (κ1) is 26.5. The molecule has 3 aromatic heterocycles. The fourth-order valence-electron chi connectivity index (χ4n) is 4.78. The van der Waals surface area contributed by atoms with Crippen molar-refractivity contribution in [3.05, 3.63) is 112 Å². The van der Waals surface area contributed by atoms with E-state index in [0.29, 0.717) is 38.7 Å². The van der Waals surface area contributed by atoms with Crippen molar-refractivity contribution in [2.45, 2.75) is 26.6 Å². The molecule has 0 radical (unpaired) electrons. The number of nitrogens with one attached hydrogen (secondary N) is 1. The Balaban J connectivity index is 1.35. The molecule has 206 valence electrons. The van der Waals surface area contributed by atoms with Crippen LogP contribution >= 0.6 is 11.6 Å². The number of halogens is 4. The van der Waals surface area contributed by atoms with E-state index in [1.165, 1.54) is 6.07 Å². The normalized spacial score (nSPS) is 11.9. The Labute approximate surface area is 237 Å². The second-order valence-electron chi connectivity index (χ2n) is 9.63. The van der Waals surface area contributed by atoms with E-state index in [1.54, 1.807) is 36.7 Å². The van der Waals surface area contributed by atoms with Gasteiger partial charge in [-0.3, -0.25) is 9.48 Å². The third-order valence-electron chi connectivity index (χ3n) is 6.89. The molecule has 0 atom stereocenters. The van der Waals surface area contributed by atoms with Crippen LogP contribution in [-0.2, 0) is 12.7 Å². The van der Waals surface area contributed by atoms with E-state index < -0.39 is 17.8 Å². The Morgan fingerprint density at radius 1 is 0.927 bits per heavy atom. The molecule has 1 N–H and O–H groups in total. The van der Waals surface area contributed by atoms with Crippen molar-refractivity contribution in [1.29, 1.82) is 0 Å². The van der Waals surface area contributed by atoms with Gasteiger partial charge in [0, 0.05) is 16.7 Å². The van der Waals surface area contributed by atoms with Gasteiger partial charge in [-0.2, -0.15) is 23.4 Å².